The Labute approximate surface area is 96.1 Å². The van der Waals surface area contributed by atoms with Crippen LogP contribution in [-0.2, 0) is 0 Å². The lowest BCUT2D eigenvalue weighted by Crippen LogP contribution is -1.94. The molecular formula is C10H11BrN2O2. The molecule has 4 nitrogen and oxygen atoms in total. The normalized spacial score (nSPS) is 10.7. The van der Waals surface area contributed by atoms with Crippen molar-refractivity contribution in [3.63, 3.8) is 0 Å². The van der Waals surface area contributed by atoms with Gasteiger partial charge in [0.05, 0.1) is 10.5 Å². The molecule has 0 amide bonds. The predicted molar refractivity (Wildman–Crippen MR) is 65.0 cm³/mol. The fourth-order valence-corrected chi connectivity index (χ4v) is 1.40. The maximum atomic E-state index is 10.7. The molecule has 1 aromatic carbocycles. The number of nitrogens with two attached hydrogens (primary N) is 1. The summed E-state index contributed by atoms with van der Waals surface area (Å²) >= 11 is 3.28. The van der Waals surface area contributed by atoms with Crippen LogP contribution in [0.15, 0.2) is 24.3 Å². The molecule has 0 aliphatic carbocycles. The van der Waals surface area contributed by atoms with E-state index in [-0.39, 0.29) is 5.69 Å². The fourth-order valence-electron chi connectivity index (χ4n) is 1.13. The first-order valence-corrected chi connectivity index (χ1v) is 5.53. The Morgan fingerprint density at radius 2 is 2.27 bits per heavy atom. The third kappa shape index (κ3) is 3.36. The first-order chi connectivity index (χ1) is 7.15. The minimum atomic E-state index is -0.426. The van der Waals surface area contributed by atoms with Crippen molar-refractivity contribution >= 4 is 33.4 Å². The summed E-state index contributed by atoms with van der Waals surface area (Å²) in [5.74, 6) is 0. The molecule has 1 aromatic rings. The number of anilines is 1. The maximum absolute atomic E-state index is 10.7. The van der Waals surface area contributed by atoms with Crippen molar-refractivity contribution in [2.24, 2.45) is 0 Å². The zero-order valence-electron chi connectivity index (χ0n) is 8.02. The molecule has 0 fully saturated rings. The van der Waals surface area contributed by atoms with Gasteiger partial charge in [-0.2, -0.15) is 0 Å². The van der Waals surface area contributed by atoms with Crippen molar-refractivity contribution < 1.29 is 4.92 Å². The fraction of sp³-hybridized carbons (Fsp3) is 0.200. The smallest absolute Gasteiger partial charge is 0.278 e. The van der Waals surface area contributed by atoms with Gasteiger partial charge in [-0.25, -0.2) is 0 Å². The van der Waals surface area contributed by atoms with Crippen molar-refractivity contribution in [2.45, 2.75) is 6.42 Å². The molecule has 0 spiro atoms. The SMILES string of the molecule is Nc1ccc(C=CCCBr)c([N+](=O)[O-])c1. The van der Waals surface area contributed by atoms with E-state index in [1.54, 1.807) is 18.2 Å². The summed E-state index contributed by atoms with van der Waals surface area (Å²) in [7, 11) is 0. The zero-order valence-corrected chi connectivity index (χ0v) is 9.61. The van der Waals surface area contributed by atoms with E-state index in [0.717, 1.165) is 11.8 Å². The van der Waals surface area contributed by atoms with Gasteiger partial charge in [0.25, 0.3) is 5.69 Å². The number of halogens is 1. The predicted octanol–water partition coefficient (Wildman–Crippen LogP) is 2.98. The summed E-state index contributed by atoms with van der Waals surface area (Å²) in [5, 5.41) is 11.6. The maximum Gasteiger partial charge on any atom is 0.278 e. The van der Waals surface area contributed by atoms with Crippen LogP contribution in [0.25, 0.3) is 6.08 Å². The van der Waals surface area contributed by atoms with E-state index < -0.39 is 4.92 Å². The first-order valence-electron chi connectivity index (χ1n) is 4.41. The highest BCUT2D eigenvalue weighted by Gasteiger charge is 2.10. The van der Waals surface area contributed by atoms with Gasteiger partial charge in [-0.15, -0.1) is 0 Å². The quantitative estimate of drug-likeness (QED) is 0.396. The molecular weight excluding hydrogens is 260 g/mol. The van der Waals surface area contributed by atoms with Crippen molar-refractivity contribution in [2.75, 3.05) is 11.1 Å². The molecule has 0 heterocycles. The summed E-state index contributed by atoms with van der Waals surface area (Å²) in [6, 6.07) is 4.67. The molecule has 80 valence electrons. The monoisotopic (exact) mass is 270 g/mol. The number of nitro groups is 1. The van der Waals surface area contributed by atoms with E-state index >= 15 is 0 Å². The van der Waals surface area contributed by atoms with Crippen LogP contribution in [0.1, 0.15) is 12.0 Å². The van der Waals surface area contributed by atoms with E-state index in [0.29, 0.717) is 11.3 Å². The molecule has 2 N–H and O–H groups in total. The molecule has 5 heteroatoms. The summed E-state index contributed by atoms with van der Waals surface area (Å²) in [6.45, 7) is 0. The van der Waals surface area contributed by atoms with E-state index in [1.165, 1.54) is 6.07 Å². The van der Waals surface area contributed by atoms with Crippen molar-refractivity contribution in [1.29, 1.82) is 0 Å². The minimum Gasteiger partial charge on any atom is -0.399 e. The Kier molecular flexibility index (Phi) is 4.30. The Bertz CT molecular complexity index is 391. The van der Waals surface area contributed by atoms with Crippen LogP contribution in [0, 0.1) is 10.1 Å². The summed E-state index contributed by atoms with van der Waals surface area (Å²) in [6.07, 6.45) is 4.45. The standard InChI is InChI=1S/C10H11BrN2O2/c11-6-2-1-3-8-4-5-9(12)7-10(8)13(14)15/h1,3-5,7H,2,6,12H2. The highest BCUT2D eigenvalue weighted by molar-refractivity contribution is 9.09. The van der Waals surface area contributed by atoms with Crippen LogP contribution in [0.5, 0.6) is 0 Å². The largest absolute Gasteiger partial charge is 0.399 e. The van der Waals surface area contributed by atoms with E-state index in [9.17, 15) is 10.1 Å². The number of nitrogens with zero attached hydrogens (tertiary/aromatic N) is 1. The lowest BCUT2D eigenvalue weighted by molar-refractivity contribution is -0.385. The average molecular weight is 271 g/mol. The number of alkyl halides is 1. The average Bonchev–Trinajstić information content (AvgIpc) is 2.20. The molecule has 0 radical (unpaired) electrons. The number of nitro benzene ring substituents is 1. The Morgan fingerprint density at radius 3 is 2.87 bits per heavy atom. The van der Waals surface area contributed by atoms with Crippen molar-refractivity contribution in [1.82, 2.24) is 0 Å². The topological polar surface area (TPSA) is 69.2 Å². The second-order valence-electron chi connectivity index (χ2n) is 2.96. The molecule has 0 bridgehead atoms. The molecule has 0 unspecified atom stereocenters. The lowest BCUT2D eigenvalue weighted by Gasteiger charge is -1.98. The number of hydrogen-bond donors (Lipinski definition) is 1. The first kappa shape index (κ1) is 11.7. The van der Waals surface area contributed by atoms with Crippen LogP contribution in [0.4, 0.5) is 11.4 Å². The minimum absolute atomic E-state index is 0.0424. The lowest BCUT2D eigenvalue weighted by atomic mass is 10.1. The molecule has 1 rings (SSSR count). The molecule has 0 aromatic heterocycles. The van der Waals surface area contributed by atoms with Crippen LogP contribution in [0.2, 0.25) is 0 Å². The van der Waals surface area contributed by atoms with Gasteiger partial charge in [-0.3, -0.25) is 10.1 Å². The molecule has 0 aliphatic rings. The van der Waals surface area contributed by atoms with Gasteiger partial charge >= 0.3 is 0 Å². The zero-order chi connectivity index (χ0) is 11.3. The molecule has 0 saturated carbocycles. The Hall–Kier alpha value is -1.36. The van der Waals surface area contributed by atoms with Crippen LogP contribution < -0.4 is 5.73 Å². The van der Waals surface area contributed by atoms with Crippen LogP contribution in [-0.4, -0.2) is 10.3 Å². The van der Waals surface area contributed by atoms with Gasteiger partial charge in [0.15, 0.2) is 0 Å². The Morgan fingerprint density at radius 1 is 1.53 bits per heavy atom. The highest BCUT2D eigenvalue weighted by Crippen LogP contribution is 2.22. The Balaban J connectivity index is 3.01. The molecule has 0 atom stereocenters. The number of hydrogen-bond acceptors (Lipinski definition) is 3. The number of benzene rings is 1. The van der Waals surface area contributed by atoms with Crippen LogP contribution in [0.3, 0.4) is 0 Å². The van der Waals surface area contributed by atoms with E-state index in [1.807, 2.05) is 6.08 Å². The summed E-state index contributed by atoms with van der Waals surface area (Å²) in [4.78, 5) is 10.3. The summed E-state index contributed by atoms with van der Waals surface area (Å²) < 4.78 is 0. The summed E-state index contributed by atoms with van der Waals surface area (Å²) in [5.41, 5.74) is 6.51. The highest BCUT2D eigenvalue weighted by atomic mass is 79.9. The molecule has 15 heavy (non-hydrogen) atoms. The van der Waals surface area contributed by atoms with Gasteiger partial charge in [0.2, 0.25) is 0 Å². The molecule has 0 saturated heterocycles. The second-order valence-corrected chi connectivity index (χ2v) is 3.75. The second kappa shape index (κ2) is 5.50. The van der Waals surface area contributed by atoms with Gasteiger partial charge in [0, 0.05) is 17.1 Å². The van der Waals surface area contributed by atoms with Gasteiger partial charge < -0.3 is 5.73 Å². The third-order valence-electron chi connectivity index (χ3n) is 1.82. The van der Waals surface area contributed by atoms with Crippen LogP contribution >= 0.6 is 15.9 Å². The number of rotatable bonds is 4. The van der Waals surface area contributed by atoms with Gasteiger partial charge in [0.1, 0.15) is 0 Å². The van der Waals surface area contributed by atoms with Crippen molar-refractivity contribution in [3.05, 3.63) is 40.0 Å². The van der Waals surface area contributed by atoms with Crippen molar-refractivity contribution in [3.8, 4) is 0 Å². The number of nitrogen functional groups attached to an aromatic ring is 1. The molecule has 0 aliphatic heterocycles. The van der Waals surface area contributed by atoms with Gasteiger partial charge in [-0.1, -0.05) is 28.1 Å². The van der Waals surface area contributed by atoms with E-state index in [4.69, 9.17) is 5.73 Å². The number of allylic oxidation sites excluding steroid dienone is 1. The van der Waals surface area contributed by atoms with E-state index in [2.05, 4.69) is 15.9 Å². The third-order valence-corrected chi connectivity index (χ3v) is 2.28. The van der Waals surface area contributed by atoms with Gasteiger partial charge in [-0.05, 0) is 18.6 Å².